The summed E-state index contributed by atoms with van der Waals surface area (Å²) >= 11 is 0. The van der Waals surface area contributed by atoms with Gasteiger partial charge in [0.15, 0.2) is 5.96 Å². The van der Waals surface area contributed by atoms with Gasteiger partial charge in [-0.25, -0.2) is 0 Å². The number of morpholine rings is 1. The molecule has 2 unspecified atom stereocenters. The first-order chi connectivity index (χ1) is 15.6. The van der Waals surface area contributed by atoms with Crippen molar-refractivity contribution in [2.75, 3.05) is 72.1 Å². The van der Waals surface area contributed by atoms with Gasteiger partial charge in [0.25, 0.3) is 0 Å². The molecule has 0 bridgehead atoms. The second-order valence-corrected chi connectivity index (χ2v) is 8.92. The zero-order valence-corrected chi connectivity index (χ0v) is 22.3. The van der Waals surface area contributed by atoms with Crippen LogP contribution in [0.1, 0.15) is 19.4 Å². The summed E-state index contributed by atoms with van der Waals surface area (Å²) in [5.41, 5.74) is 1.36. The van der Waals surface area contributed by atoms with E-state index in [1.807, 2.05) is 4.90 Å². The third-order valence-electron chi connectivity index (χ3n) is 6.77. The van der Waals surface area contributed by atoms with Gasteiger partial charge in [0.05, 0.1) is 25.3 Å². The van der Waals surface area contributed by atoms with E-state index in [1.54, 1.807) is 6.92 Å². The third-order valence-corrected chi connectivity index (χ3v) is 6.77. The summed E-state index contributed by atoms with van der Waals surface area (Å²) in [4.78, 5) is 25.7. The fourth-order valence-corrected chi connectivity index (χ4v) is 4.96. The van der Waals surface area contributed by atoms with Crippen molar-refractivity contribution in [1.29, 1.82) is 0 Å². The van der Waals surface area contributed by atoms with E-state index in [4.69, 9.17) is 9.73 Å². The summed E-state index contributed by atoms with van der Waals surface area (Å²) < 4.78 is 6.15. The van der Waals surface area contributed by atoms with E-state index >= 15 is 0 Å². The van der Waals surface area contributed by atoms with Crippen molar-refractivity contribution in [2.45, 2.75) is 32.5 Å². The number of benzene rings is 1. The van der Waals surface area contributed by atoms with Gasteiger partial charge in [-0.2, -0.15) is 0 Å². The molecule has 184 valence electrons. The fourth-order valence-electron chi connectivity index (χ4n) is 4.96. The first kappa shape index (κ1) is 26.2. The number of carbonyl (C=O) groups excluding carboxylic acids is 1. The number of amides is 1. The molecule has 3 saturated heterocycles. The Morgan fingerprint density at radius 3 is 2.55 bits per heavy atom. The molecule has 1 N–H and O–H groups in total. The molecule has 2 atom stereocenters. The van der Waals surface area contributed by atoms with Crippen LogP contribution < -0.4 is 5.32 Å². The number of nitrogens with one attached hydrogen (secondary N) is 1. The average Bonchev–Trinajstić information content (AvgIpc) is 3.25. The van der Waals surface area contributed by atoms with Crippen LogP contribution in [0.25, 0.3) is 0 Å². The molecule has 1 aromatic carbocycles. The lowest BCUT2D eigenvalue weighted by Crippen LogP contribution is -2.50. The van der Waals surface area contributed by atoms with Gasteiger partial charge in [-0.05, 0) is 12.5 Å². The first-order valence-corrected chi connectivity index (χ1v) is 12.0. The lowest BCUT2D eigenvalue weighted by atomic mass is 10.1. The lowest BCUT2D eigenvalue weighted by molar-refractivity contribution is -0.130. The van der Waals surface area contributed by atoms with Gasteiger partial charge in [0.2, 0.25) is 5.91 Å². The molecule has 1 amide bonds. The van der Waals surface area contributed by atoms with E-state index in [0.717, 1.165) is 84.6 Å². The molecule has 0 saturated carbocycles. The number of fused-ring (bicyclic) bond motifs is 1. The third kappa shape index (κ3) is 7.03. The molecule has 0 aliphatic carbocycles. The maximum atomic E-state index is 11.5. The molecular weight excluding hydrogens is 531 g/mol. The molecule has 33 heavy (non-hydrogen) atoms. The molecule has 3 heterocycles. The maximum Gasteiger partial charge on any atom is 0.219 e. The molecule has 0 aromatic heterocycles. The molecule has 8 nitrogen and oxygen atoms in total. The number of likely N-dealkylation sites (tertiary alicyclic amines) is 1. The summed E-state index contributed by atoms with van der Waals surface area (Å²) in [5, 5.41) is 3.49. The van der Waals surface area contributed by atoms with E-state index in [9.17, 15) is 4.79 Å². The molecule has 1 aromatic rings. The van der Waals surface area contributed by atoms with Crippen LogP contribution in [0.5, 0.6) is 0 Å². The number of halogens is 1. The Labute approximate surface area is 215 Å². The Hall–Kier alpha value is -1.43. The monoisotopic (exact) mass is 570 g/mol. The highest BCUT2D eigenvalue weighted by Gasteiger charge is 2.41. The van der Waals surface area contributed by atoms with Crippen molar-refractivity contribution in [1.82, 2.24) is 24.9 Å². The average molecular weight is 571 g/mol. The van der Waals surface area contributed by atoms with Gasteiger partial charge < -0.3 is 19.9 Å². The molecular formula is C24H39IN6O2. The summed E-state index contributed by atoms with van der Waals surface area (Å²) in [6, 6.07) is 11.1. The number of piperazine rings is 1. The number of rotatable bonds is 6. The summed E-state index contributed by atoms with van der Waals surface area (Å²) in [5.74, 6) is 1.17. The predicted molar refractivity (Wildman–Crippen MR) is 142 cm³/mol. The van der Waals surface area contributed by atoms with Crippen molar-refractivity contribution < 1.29 is 9.53 Å². The second-order valence-electron chi connectivity index (χ2n) is 8.92. The molecule has 3 fully saturated rings. The highest BCUT2D eigenvalue weighted by atomic mass is 127. The Kier molecular flexibility index (Phi) is 10.2. The highest BCUT2D eigenvalue weighted by molar-refractivity contribution is 14.0. The number of guanidine groups is 1. The van der Waals surface area contributed by atoms with Crippen molar-refractivity contribution in [3.63, 3.8) is 0 Å². The number of hydrogen-bond acceptors (Lipinski definition) is 5. The highest BCUT2D eigenvalue weighted by Crippen LogP contribution is 2.24. The predicted octanol–water partition coefficient (Wildman–Crippen LogP) is 1.32. The van der Waals surface area contributed by atoms with Gasteiger partial charge >= 0.3 is 0 Å². The zero-order chi connectivity index (χ0) is 22.3. The van der Waals surface area contributed by atoms with Crippen LogP contribution in [0.2, 0.25) is 0 Å². The largest absolute Gasteiger partial charge is 0.373 e. The van der Waals surface area contributed by atoms with E-state index in [1.165, 1.54) is 5.56 Å². The fraction of sp³-hybridized carbons (Fsp3) is 0.667. The van der Waals surface area contributed by atoms with Gasteiger partial charge in [-0.3, -0.25) is 19.6 Å². The van der Waals surface area contributed by atoms with Crippen LogP contribution >= 0.6 is 24.0 Å². The van der Waals surface area contributed by atoms with Crippen molar-refractivity contribution in [3.8, 4) is 0 Å². The molecule has 9 heteroatoms. The van der Waals surface area contributed by atoms with Crippen LogP contribution in [0.3, 0.4) is 0 Å². The topological polar surface area (TPSA) is 63.7 Å². The van der Waals surface area contributed by atoms with E-state index < -0.39 is 0 Å². The first-order valence-electron chi connectivity index (χ1n) is 12.0. The summed E-state index contributed by atoms with van der Waals surface area (Å²) in [7, 11) is 0. The number of carbonyl (C=O) groups is 1. The minimum atomic E-state index is 0. The smallest absolute Gasteiger partial charge is 0.219 e. The van der Waals surface area contributed by atoms with Gasteiger partial charge in [-0.15, -0.1) is 24.0 Å². The molecule has 3 aliphatic rings. The van der Waals surface area contributed by atoms with Crippen molar-refractivity contribution >= 4 is 35.8 Å². The summed E-state index contributed by atoms with van der Waals surface area (Å²) in [6.07, 6.45) is 0.232. The molecule has 0 spiro atoms. The number of hydrogen-bond donors (Lipinski definition) is 1. The minimum absolute atomic E-state index is 0. The number of ether oxygens (including phenoxy) is 1. The van der Waals surface area contributed by atoms with Crippen LogP contribution in [-0.4, -0.2) is 116 Å². The molecule has 3 aliphatic heterocycles. The Bertz CT molecular complexity index is 771. The maximum absolute atomic E-state index is 11.5. The number of nitrogens with zero attached hydrogens (tertiary/aromatic N) is 5. The molecule has 4 rings (SSSR count). The Morgan fingerprint density at radius 2 is 1.85 bits per heavy atom. The van der Waals surface area contributed by atoms with Crippen molar-refractivity contribution in [3.05, 3.63) is 35.9 Å². The summed E-state index contributed by atoms with van der Waals surface area (Å²) in [6.45, 7) is 14.4. The SMILES string of the molecule is CCNC(=NCCN1CCN(C(C)=O)CC1)N1CC2OCCN(Cc3ccccc3)C2C1.I. The van der Waals surface area contributed by atoms with E-state index in [-0.39, 0.29) is 36.0 Å². The quantitative estimate of drug-likeness (QED) is 0.317. The van der Waals surface area contributed by atoms with Crippen LogP contribution in [0, 0.1) is 0 Å². The molecule has 0 radical (unpaired) electrons. The Morgan fingerprint density at radius 1 is 1.09 bits per heavy atom. The Balaban J connectivity index is 0.00000306. The van der Waals surface area contributed by atoms with Crippen molar-refractivity contribution in [2.24, 2.45) is 4.99 Å². The second kappa shape index (κ2) is 12.9. The van der Waals surface area contributed by atoms with E-state index in [0.29, 0.717) is 6.04 Å². The normalized spacial score (nSPS) is 24.4. The van der Waals surface area contributed by atoms with Crippen LogP contribution in [-0.2, 0) is 16.1 Å². The minimum Gasteiger partial charge on any atom is -0.373 e. The van der Waals surface area contributed by atoms with Crippen LogP contribution in [0.15, 0.2) is 35.3 Å². The van der Waals surface area contributed by atoms with Gasteiger partial charge in [0.1, 0.15) is 0 Å². The zero-order valence-electron chi connectivity index (χ0n) is 20.0. The number of aliphatic imine (C=N–C) groups is 1. The van der Waals surface area contributed by atoms with Gasteiger partial charge in [-0.1, -0.05) is 30.3 Å². The standard InChI is InChI=1S/C24H38N6O2.HI/c1-3-25-24(26-9-10-27-11-13-28(14-12-27)20(2)31)30-18-22-23(19-30)32-16-15-29(22)17-21-7-5-4-6-8-21;/h4-8,22-23H,3,9-19H2,1-2H3,(H,25,26);1H. The van der Waals surface area contributed by atoms with Gasteiger partial charge in [0, 0.05) is 72.4 Å². The lowest BCUT2D eigenvalue weighted by Gasteiger charge is -2.36. The van der Waals surface area contributed by atoms with E-state index in [2.05, 4.69) is 57.3 Å². The van der Waals surface area contributed by atoms with Crippen LogP contribution in [0.4, 0.5) is 0 Å².